The van der Waals surface area contributed by atoms with Crippen LogP contribution in [0.3, 0.4) is 0 Å². The Morgan fingerprint density at radius 1 is 1.62 bits per heavy atom. The van der Waals surface area contributed by atoms with Crippen molar-refractivity contribution in [1.29, 1.82) is 0 Å². The summed E-state index contributed by atoms with van der Waals surface area (Å²) in [6.07, 6.45) is 3.56. The van der Waals surface area contributed by atoms with Crippen molar-refractivity contribution >= 4 is 5.97 Å². The van der Waals surface area contributed by atoms with Crippen LogP contribution in [0.4, 0.5) is 0 Å². The molecule has 76 valence electrons. The van der Waals surface area contributed by atoms with E-state index in [9.17, 15) is 4.79 Å². The monoisotopic (exact) mass is 187 g/mol. The number of carbonyl (C=O) groups is 1. The third-order valence-electron chi connectivity index (χ3n) is 2.49. The largest absolute Gasteiger partial charge is 0.464 e. The average Bonchev–Trinajstić information content (AvgIpc) is 2.07. The van der Waals surface area contributed by atoms with E-state index < -0.39 is 12.1 Å². The SMILES string of the molecule is NCC(O)C(=O)OCCC1CCC1. The molecule has 0 aromatic rings. The standard InChI is InChI=1S/C9H17NO3/c10-6-8(11)9(12)13-5-4-7-2-1-3-7/h7-8,11H,1-6,10H2. The number of aliphatic hydroxyl groups is 1. The van der Waals surface area contributed by atoms with Gasteiger partial charge >= 0.3 is 5.97 Å². The fourth-order valence-corrected chi connectivity index (χ4v) is 1.30. The van der Waals surface area contributed by atoms with E-state index in [1.165, 1.54) is 19.3 Å². The second-order valence-corrected chi connectivity index (χ2v) is 3.50. The van der Waals surface area contributed by atoms with E-state index in [0.717, 1.165) is 12.3 Å². The third-order valence-corrected chi connectivity index (χ3v) is 2.49. The van der Waals surface area contributed by atoms with E-state index in [1.807, 2.05) is 0 Å². The number of carbonyl (C=O) groups excluding carboxylic acids is 1. The molecule has 0 spiro atoms. The molecule has 1 aliphatic carbocycles. The van der Waals surface area contributed by atoms with Crippen molar-refractivity contribution in [3.63, 3.8) is 0 Å². The lowest BCUT2D eigenvalue weighted by Crippen LogP contribution is -2.31. The zero-order valence-corrected chi connectivity index (χ0v) is 7.74. The number of esters is 1. The number of hydrogen-bond acceptors (Lipinski definition) is 4. The zero-order valence-electron chi connectivity index (χ0n) is 7.74. The molecule has 0 heterocycles. The Labute approximate surface area is 78.1 Å². The van der Waals surface area contributed by atoms with Crippen LogP contribution in [-0.2, 0) is 9.53 Å². The maximum Gasteiger partial charge on any atom is 0.336 e. The molecule has 1 rings (SSSR count). The summed E-state index contributed by atoms with van der Waals surface area (Å²) in [5.74, 6) is 0.129. The van der Waals surface area contributed by atoms with Crippen LogP contribution >= 0.6 is 0 Å². The second kappa shape index (κ2) is 5.19. The van der Waals surface area contributed by atoms with Gasteiger partial charge in [-0.2, -0.15) is 0 Å². The van der Waals surface area contributed by atoms with E-state index in [0.29, 0.717) is 6.61 Å². The van der Waals surface area contributed by atoms with Gasteiger partial charge in [0.05, 0.1) is 6.61 Å². The number of aliphatic hydroxyl groups excluding tert-OH is 1. The molecule has 3 N–H and O–H groups in total. The van der Waals surface area contributed by atoms with Gasteiger partial charge in [0.2, 0.25) is 0 Å². The summed E-state index contributed by atoms with van der Waals surface area (Å²) in [6, 6.07) is 0. The van der Waals surface area contributed by atoms with Crippen LogP contribution in [0.2, 0.25) is 0 Å². The highest BCUT2D eigenvalue weighted by atomic mass is 16.5. The van der Waals surface area contributed by atoms with E-state index in [4.69, 9.17) is 15.6 Å². The van der Waals surface area contributed by atoms with Crippen molar-refractivity contribution < 1.29 is 14.6 Å². The van der Waals surface area contributed by atoms with Gasteiger partial charge in [0.15, 0.2) is 6.10 Å². The minimum atomic E-state index is -1.15. The topological polar surface area (TPSA) is 72.5 Å². The van der Waals surface area contributed by atoms with Gasteiger partial charge in [0.25, 0.3) is 0 Å². The maximum atomic E-state index is 10.9. The molecule has 1 unspecified atom stereocenters. The van der Waals surface area contributed by atoms with Crippen molar-refractivity contribution in [2.45, 2.75) is 31.8 Å². The maximum absolute atomic E-state index is 10.9. The lowest BCUT2D eigenvalue weighted by molar-refractivity contribution is -0.153. The molecule has 0 saturated heterocycles. The van der Waals surface area contributed by atoms with Gasteiger partial charge in [-0.3, -0.25) is 0 Å². The molecule has 0 aromatic heterocycles. The number of rotatable bonds is 5. The molecule has 1 saturated carbocycles. The first-order chi connectivity index (χ1) is 6.24. The van der Waals surface area contributed by atoms with Crippen LogP contribution in [0.25, 0.3) is 0 Å². The van der Waals surface area contributed by atoms with Crippen molar-refractivity contribution in [3.8, 4) is 0 Å². The average molecular weight is 187 g/mol. The highest BCUT2D eigenvalue weighted by molar-refractivity contribution is 5.74. The minimum Gasteiger partial charge on any atom is -0.464 e. The molecule has 4 nitrogen and oxygen atoms in total. The van der Waals surface area contributed by atoms with Gasteiger partial charge in [-0.1, -0.05) is 19.3 Å². The first-order valence-electron chi connectivity index (χ1n) is 4.79. The molecular weight excluding hydrogens is 170 g/mol. The van der Waals surface area contributed by atoms with E-state index in [1.54, 1.807) is 0 Å². The quantitative estimate of drug-likeness (QED) is 0.596. The molecule has 0 bridgehead atoms. The summed E-state index contributed by atoms with van der Waals surface area (Å²) < 4.78 is 4.83. The summed E-state index contributed by atoms with van der Waals surface area (Å²) >= 11 is 0. The van der Waals surface area contributed by atoms with E-state index in [2.05, 4.69) is 0 Å². The van der Waals surface area contributed by atoms with Crippen molar-refractivity contribution in [3.05, 3.63) is 0 Å². The Morgan fingerprint density at radius 3 is 2.77 bits per heavy atom. The minimum absolute atomic E-state index is 0.0672. The van der Waals surface area contributed by atoms with Crippen LogP contribution < -0.4 is 5.73 Å². The van der Waals surface area contributed by atoms with Crippen molar-refractivity contribution in [1.82, 2.24) is 0 Å². The Balaban J connectivity index is 2.00. The second-order valence-electron chi connectivity index (χ2n) is 3.50. The van der Waals surface area contributed by atoms with Gasteiger partial charge in [-0.25, -0.2) is 4.79 Å². The number of ether oxygens (including phenoxy) is 1. The normalized spacial score (nSPS) is 19.2. The Morgan fingerprint density at radius 2 is 2.31 bits per heavy atom. The molecule has 1 aliphatic rings. The summed E-state index contributed by atoms with van der Waals surface area (Å²) in [5, 5.41) is 8.96. The Bertz CT molecular complexity index is 168. The van der Waals surface area contributed by atoms with Gasteiger partial charge in [0.1, 0.15) is 0 Å². The summed E-state index contributed by atoms with van der Waals surface area (Å²) in [4.78, 5) is 10.9. The predicted octanol–water partition coefficient (Wildman–Crippen LogP) is 0.0394. The van der Waals surface area contributed by atoms with Gasteiger partial charge in [-0.15, -0.1) is 0 Å². The van der Waals surface area contributed by atoms with Crippen LogP contribution in [-0.4, -0.2) is 30.3 Å². The first kappa shape index (κ1) is 10.5. The van der Waals surface area contributed by atoms with Gasteiger partial charge in [0, 0.05) is 6.54 Å². The molecule has 0 amide bonds. The summed E-state index contributed by atoms with van der Waals surface area (Å²) in [7, 11) is 0. The smallest absolute Gasteiger partial charge is 0.336 e. The molecular formula is C9H17NO3. The third kappa shape index (κ3) is 3.32. The van der Waals surface area contributed by atoms with Crippen molar-refractivity contribution in [2.24, 2.45) is 11.7 Å². The van der Waals surface area contributed by atoms with Crippen LogP contribution in [0.1, 0.15) is 25.7 Å². The molecule has 1 atom stereocenters. The fourth-order valence-electron chi connectivity index (χ4n) is 1.30. The molecule has 0 aliphatic heterocycles. The molecule has 0 radical (unpaired) electrons. The number of hydrogen-bond donors (Lipinski definition) is 2. The fraction of sp³-hybridized carbons (Fsp3) is 0.889. The molecule has 0 aromatic carbocycles. The predicted molar refractivity (Wildman–Crippen MR) is 48.0 cm³/mol. The van der Waals surface area contributed by atoms with Crippen molar-refractivity contribution in [2.75, 3.05) is 13.2 Å². The Kier molecular flexibility index (Phi) is 4.18. The van der Waals surface area contributed by atoms with Crippen LogP contribution in [0.15, 0.2) is 0 Å². The summed E-state index contributed by atoms with van der Waals surface area (Å²) in [6.45, 7) is 0.350. The molecule has 13 heavy (non-hydrogen) atoms. The lowest BCUT2D eigenvalue weighted by Gasteiger charge is -2.24. The molecule has 4 heteroatoms. The van der Waals surface area contributed by atoms with Crippen LogP contribution in [0.5, 0.6) is 0 Å². The lowest BCUT2D eigenvalue weighted by atomic mass is 9.83. The number of nitrogens with two attached hydrogens (primary N) is 1. The Hall–Kier alpha value is -0.610. The highest BCUT2D eigenvalue weighted by Crippen LogP contribution is 2.29. The molecule has 1 fully saturated rings. The summed E-state index contributed by atoms with van der Waals surface area (Å²) in [5.41, 5.74) is 5.09. The van der Waals surface area contributed by atoms with E-state index >= 15 is 0 Å². The first-order valence-corrected chi connectivity index (χ1v) is 4.79. The van der Waals surface area contributed by atoms with E-state index in [-0.39, 0.29) is 6.54 Å². The highest BCUT2D eigenvalue weighted by Gasteiger charge is 2.19. The zero-order chi connectivity index (χ0) is 9.68. The van der Waals surface area contributed by atoms with Crippen LogP contribution in [0, 0.1) is 5.92 Å². The van der Waals surface area contributed by atoms with Gasteiger partial charge < -0.3 is 15.6 Å². The van der Waals surface area contributed by atoms with Gasteiger partial charge in [-0.05, 0) is 12.3 Å².